The number of nitrogens with zero attached hydrogens (tertiary/aromatic N) is 2. The van der Waals surface area contributed by atoms with E-state index in [1.807, 2.05) is 0 Å². The molecule has 0 aliphatic heterocycles. The van der Waals surface area contributed by atoms with Gasteiger partial charge in [-0.3, -0.25) is 0 Å². The second-order valence-corrected chi connectivity index (χ2v) is 4.81. The van der Waals surface area contributed by atoms with E-state index in [0.29, 0.717) is 4.86 Å². The molecule has 94 valence electrons. The summed E-state index contributed by atoms with van der Waals surface area (Å²) in [6, 6.07) is -0.107. The lowest BCUT2D eigenvalue weighted by atomic mass is 9.98. The molecule has 0 unspecified atom stereocenters. The van der Waals surface area contributed by atoms with Gasteiger partial charge in [-0.2, -0.15) is 0 Å². The number of hydrogen-bond acceptors (Lipinski definition) is 2. The van der Waals surface area contributed by atoms with Crippen molar-refractivity contribution in [2.24, 2.45) is 5.28 Å². The van der Waals surface area contributed by atoms with Crippen molar-refractivity contribution in [1.29, 1.82) is 0 Å². The summed E-state index contributed by atoms with van der Waals surface area (Å²) in [6.07, 6.45) is 12.9. The van der Waals surface area contributed by atoms with Crippen LogP contribution in [0.25, 0.3) is 0 Å². The minimum atomic E-state index is -0.107. The summed E-state index contributed by atoms with van der Waals surface area (Å²) in [5.74, 6) is 0. The first kappa shape index (κ1) is 13.3. The highest BCUT2D eigenvalue weighted by atomic mass is 16.6. The zero-order valence-electron chi connectivity index (χ0n) is 10.1. The van der Waals surface area contributed by atoms with Gasteiger partial charge in [0.15, 0.2) is 11.3 Å². The van der Waals surface area contributed by atoms with Gasteiger partial charge in [0.25, 0.3) is 0 Å². The number of rotatable bonds is 1. The predicted octanol–water partition coefficient (Wildman–Crippen LogP) is 4.01. The van der Waals surface area contributed by atoms with Crippen LogP contribution in [0.2, 0.25) is 0 Å². The molecular formula is C12H24N2O2. The minimum absolute atomic E-state index is 0.107. The maximum atomic E-state index is 11.3. The fraction of sp³-hybridized carbons (Fsp3) is 1.00. The van der Waals surface area contributed by atoms with E-state index in [2.05, 4.69) is 5.28 Å². The number of hydrogen-bond donors (Lipinski definition) is 1. The van der Waals surface area contributed by atoms with Gasteiger partial charge in [-0.15, -0.1) is 0 Å². The Kier molecular flexibility index (Phi) is 6.93. The van der Waals surface area contributed by atoms with Gasteiger partial charge < -0.3 is 10.4 Å². The minimum Gasteiger partial charge on any atom is -0.597 e. The largest absolute Gasteiger partial charge is 0.597 e. The summed E-state index contributed by atoms with van der Waals surface area (Å²) in [6.45, 7) is 0. The van der Waals surface area contributed by atoms with Crippen LogP contribution in [0.15, 0.2) is 5.28 Å². The highest BCUT2D eigenvalue weighted by Crippen LogP contribution is 2.18. The monoisotopic (exact) mass is 228 g/mol. The van der Waals surface area contributed by atoms with Crippen molar-refractivity contribution in [3.8, 4) is 0 Å². The maximum Gasteiger partial charge on any atom is 0.197 e. The quantitative estimate of drug-likeness (QED) is 0.419. The Hall–Kier alpha value is -0.800. The average molecular weight is 228 g/mol. The van der Waals surface area contributed by atoms with Gasteiger partial charge in [0, 0.05) is 12.8 Å². The lowest BCUT2D eigenvalue weighted by Crippen LogP contribution is -2.20. The molecule has 1 saturated carbocycles. The van der Waals surface area contributed by atoms with E-state index < -0.39 is 0 Å². The maximum absolute atomic E-state index is 11.3. The van der Waals surface area contributed by atoms with Crippen LogP contribution < -0.4 is 0 Å². The van der Waals surface area contributed by atoms with Gasteiger partial charge in [-0.05, 0) is 12.8 Å². The molecule has 1 fully saturated rings. The Morgan fingerprint density at radius 2 is 1.19 bits per heavy atom. The third-order valence-electron chi connectivity index (χ3n) is 3.48. The van der Waals surface area contributed by atoms with Crippen molar-refractivity contribution in [2.45, 2.75) is 76.7 Å². The summed E-state index contributed by atoms with van der Waals surface area (Å²) in [5.41, 5.74) is 0. The first-order chi connectivity index (χ1) is 7.84. The SMILES string of the molecule is [O-][N+](=NO)C1CCCCCCCCCCC1. The molecule has 1 N–H and O–H groups in total. The molecule has 0 heterocycles. The van der Waals surface area contributed by atoms with Crippen LogP contribution in [0.5, 0.6) is 0 Å². The lowest BCUT2D eigenvalue weighted by molar-refractivity contribution is -0.593. The van der Waals surface area contributed by atoms with Crippen LogP contribution in [-0.4, -0.2) is 16.1 Å². The van der Waals surface area contributed by atoms with Gasteiger partial charge in [0.1, 0.15) is 0 Å². The second kappa shape index (κ2) is 8.36. The molecular weight excluding hydrogens is 204 g/mol. The predicted molar refractivity (Wildman–Crippen MR) is 62.4 cm³/mol. The van der Waals surface area contributed by atoms with Crippen molar-refractivity contribution in [3.05, 3.63) is 5.21 Å². The molecule has 0 aromatic carbocycles. The Bertz CT molecular complexity index is 195. The third kappa shape index (κ3) is 5.33. The molecule has 4 heteroatoms. The fourth-order valence-corrected chi connectivity index (χ4v) is 2.44. The Morgan fingerprint density at radius 3 is 1.56 bits per heavy atom. The summed E-state index contributed by atoms with van der Waals surface area (Å²) in [7, 11) is 0. The molecule has 1 aliphatic rings. The van der Waals surface area contributed by atoms with Gasteiger partial charge in [0.05, 0.1) is 0 Å². The van der Waals surface area contributed by atoms with Crippen molar-refractivity contribution >= 4 is 0 Å². The van der Waals surface area contributed by atoms with Crippen molar-refractivity contribution < 1.29 is 10.1 Å². The Balaban J connectivity index is 2.36. The van der Waals surface area contributed by atoms with Gasteiger partial charge in [0.2, 0.25) is 0 Å². The smallest absolute Gasteiger partial charge is 0.197 e. The summed E-state index contributed by atoms with van der Waals surface area (Å²) < 4.78 is 0. The first-order valence-electron chi connectivity index (χ1n) is 6.66. The highest BCUT2D eigenvalue weighted by molar-refractivity contribution is 4.59. The molecule has 1 aliphatic carbocycles. The molecule has 0 bridgehead atoms. The van der Waals surface area contributed by atoms with Crippen LogP contribution in [0.4, 0.5) is 0 Å². The molecule has 0 amide bonds. The van der Waals surface area contributed by atoms with E-state index >= 15 is 0 Å². The molecule has 0 saturated heterocycles. The van der Waals surface area contributed by atoms with E-state index in [9.17, 15) is 5.21 Å². The van der Waals surface area contributed by atoms with E-state index in [4.69, 9.17) is 5.21 Å². The van der Waals surface area contributed by atoms with Gasteiger partial charge >= 0.3 is 0 Å². The summed E-state index contributed by atoms with van der Waals surface area (Å²) >= 11 is 0. The normalized spacial score (nSPS) is 23.4. The van der Waals surface area contributed by atoms with Crippen LogP contribution >= 0.6 is 0 Å². The van der Waals surface area contributed by atoms with Crippen LogP contribution in [0.3, 0.4) is 0 Å². The third-order valence-corrected chi connectivity index (χ3v) is 3.48. The van der Waals surface area contributed by atoms with Crippen LogP contribution in [-0.2, 0) is 0 Å². The van der Waals surface area contributed by atoms with E-state index in [0.717, 1.165) is 25.7 Å². The van der Waals surface area contributed by atoms with E-state index in [-0.39, 0.29) is 6.04 Å². The summed E-state index contributed by atoms with van der Waals surface area (Å²) in [4.78, 5) is 0.492. The molecule has 0 atom stereocenters. The molecule has 0 spiro atoms. The molecule has 0 radical (unpaired) electrons. The Labute approximate surface area is 97.9 Å². The van der Waals surface area contributed by atoms with E-state index in [1.54, 1.807) is 0 Å². The molecule has 1 rings (SSSR count). The standard InChI is InChI=1S/C12H24N2O2/c15-13-14(16)12-10-8-6-4-2-1-3-5-7-9-11-12/h12,15H,1-11H2. The average Bonchev–Trinajstić information content (AvgIpc) is 2.29. The molecule has 16 heavy (non-hydrogen) atoms. The van der Waals surface area contributed by atoms with E-state index in [1.165, 1.54) is 44.9 Å². The topological polar surface area (TPSA) is 58.7 Å². The van der Waals surface area contributed by atoms with Crippen molar-refractivity contribution in [2.75, 3.05) is 0 Å². The lowest BCUT2D eigenvalue weighted by Gasteiger charge is -2.13. The number of hydroxylamine groups is 1. The van der Waals surface area contributed by atoms with Crippen molar-refractivity contribution in [1.82, 2.24) is 0 Å². The molecule has 0 aromatic heterocycles. The van der Waals surface area contributed by atoms with Gasteiger partial charge in [-0.1, -0.05) is 49.8 Å². The fourth-order valence-electron chi connectivity index (χ4n) is 2.44. The Morgan fingerprint density at radius 1 is 0.812 bits per heavy atom. The molecule has 0 aromatic rings. The van der Waals surface area contributed by atoms with Crippen LogP contribution in [0, 0.1) is 5.21 Å². The first-order valence-corrected chi connectivity index (χ1v) is 6.66. The zero-order chi connectivity index (χ0) is 11.6. The second-order valence-electron chi connectivity index (χ2n) is 4.81. The van der Waals surface area contributed by atoms with Crippen LogP contribution in [0.1, 0.15) is 70.6 Å². The highest BCUT2D eigenvalue weighted by Gasteiger charge is 2.17. The van der Waals surface area contributed by atoms with Crippen molar-refractivity contribution in [3.63, 3.8) is 0 Å². The zero-order valence-corrected chi connectivity index (χ0v) is 10.1. The molecule has 4 nitrogen and oxygen atoms in total. The summed E-state index contributed by atoms with van der Waals surface area (Å²) in [5, 5.41) is 22.6. The van der Waals surface area contributed by atoms with Gasteiger partial charge in [-0.25, -0.2) is 0 Å².